The zero-order valence-corrected chi connectivity index (χ0v) is 9.87. The van der Waals surface area contributed by atoms with E-state index in [0.717, 1.165) is 18.9 Å². The molecule has 0 saturated heterocycles. The molecule has 2 heteroatoms. The molecule has 84 valence electrons. The maximum absolute atomic E-state index is 9.94. The van der Waals surface area contributed by atoms with Gasteiger partial charge in [0.05, 0.1) is 6.10 Å². The molecule has 3 atom stereocenters. The highest BCUT2D eigenvalue weighted by Crippen LogP contribution is 2.29. The Morgan fingerprint density at radius 1 is 1.29 bits per heavy atom. The van der Waals surface area contributed by atoms with Gasteiger partial charge in [0.1, 0.15) is 0 Å². The number of hydrogen-bond donors (Lipinski definition) is 1. The van der Waals surface area contributed by atoms with E-state index in [1.807, 2.05) is 0 Å². The minimum absolute atomic E-state index is 0.0886. The van der Waals surface area contributed by atoms with Crippen molar-refractivity contribution >= 4 is 0 Å². The summed E-state index contributed by atoms with van der Waals surface area (Å²) in [5, 5.41) is 9.94. The average molecular weight is 199 g/mol. The summed E-state index contributed by atoms with van der Waals surface area (Å²) < 4.78 is 0. The number of likely N-dealkylation sites (N-methyl/N-ethyl adjacent to an activating group) is 1. The predicted octanol–water partition coefficient (Wildman–Crippen LogP) is 2.27. The van der Waals surface area contributed by atoms with Gasteiger partial charge in [-0.3, -0.25) is 0 Å². The second kappa shape index (κ2) is 5.72. The van der Waals surface area contributed by atoms with E-state index in [4.69, 9.17) is 0 Å². The van der Waals surface area contributed by atoms with Crippen LogP contribution in [0, 0.1) is 5.92 Å². The van der Waals surface area contributed by atoms with Crippen LogP contribution in [0.25, 0.3) is 0 Å². The van der Waals surface area contributed by atoms with Crippen LogP contribution in [0.1, 0.15) is 46.0 Å². The monoisotopic (exact) mass is 199 g/mol. The van der Waals surface area contributed by atoms with E-state index in [-0.39, 0.29) is 6.10 Å². The van der Waals surface area contributed by atoms with Gasteiger partial charge in [0.15, 0.2) is 0 Å². The first-order valence-corrected chi connectivity index (χ1v) is 6.07. The Labute approximate surface area is 88.3 Å². The van der Waals surface area contributed by atoms with E-state index in [1.54, 1.807) is 0 Å². The summed E-state index contributed by atoms with van der Waals surface area (Å²) in [5.41, 5.74) is 0. The molecule has 0 bridgehead atoms. The quantitative estimate of drug-likeness (QED) is 0.751. The molecule has 1 N–H and O–H groups in total. The summed E-state index contributed by atoms with van der Waals surface area (Å²) >= 11 is 0. The topological polar surface area (TPSA) is 23.5 Å². The van der Waals surface area contributed by atoms with Crippen molar-refractivity contribution in [2.24, 2.45) is 5.92 Å². The highest BCUT2D eigenvalue weighted by atomic mass is 16.3. The maximum atomic E-state index is 9.94. The molecule has 0 radical (unpaired) electrons. The molecule has 2 nitrogen and oxygen atoms in total. The average Bonchev–Trinajstić information content (AvgIpc) is 2.19. The molecule has 1 saturated carbocycles. The van der Waals surface area contributed by atoms with Gasteiger partial charge in [0, 0.05) is 6.04 Å². The van der Waals surface area contributed by atoms with Crippen molar-refractivity contribution in [1.29, 1.82) is 0 Å². The SMILES string of the molecule is CCCN(C)C1CC(CC)CCC1O. The van der Waals surface area contributed by atoms with E-state index in [0.29, 0.717) is 6.04 Å². The molecule has 0 aromatic rings. The summed E-state index contributed by atoms with van der Waals surface area (Å²) in [6.07, 6.45) is 5.76. The van der Waals surface area contributed by atoms with E-state index in [9.17, 15) is 5.11 Å². The van der Waals surface area contributed by atoms with Crippen molar-refractivity contribution in [1.82, 2.24) is 4.90 Å². The normalized spacial score (nSPS) is 33.6. The molecule has 1 fully saturated rings. The summed E-state index contributed by atoms with van der Waals surface area (Å²) in [5.74, 6) is 0.836. The maximum Gasteiger partial charge on any atom is 0.0695 e. The Hall–Kier alpha value is -0.0800. The Kier molecular flexibility index (Phi) is 4.90. The van der Waals surface area contributed by atoms with E-state index >= 15 is 0 Å². The lowest BCUT2D eigenvalue weighted by atomic mass is 9.82. The second-order valence-electron chi connectivity index (χ2n) is 4.70. The first-order valence-electron chi connectivity index (χ1n) is 6.07. The van der Waals surface area contributed by atoms with Crippen LogP contribution in [0.5, 0.6) is 0 Å². The summed E-state index contributed by atoms with van der Waals surface area (Å²) in [6, 6.07) is 0.411. The van der Waals surface area contributed by atoms with Crippen LogP contribution in [0.2, 0.25) is 0 Å². The van der Waals surface area contributed by atoms with Crippen molar-refractivity contribution in [2.45, 2.75) is 58.1 Å². The van der Waals surface area contributed by atoms with Crippen molar-refractivity contribution < 1.29 is 5.11 Å². The first kappa shape index (κ1) is 12.0. The van der Waals surface area contributed by atoms with Crippen molar-refractivity contribution in [3.63, 3.8) is 0 Å². The Morgan fingerprint density at radius 2 is 2.00 bits per heavy atom. The first-order chi connectivity index (χ1) is 6.69. The van der Waals surface area contributed by atoms with Gasteiger partial charge in [0.25, 0.3) is 0 Å². The van der Waals surface area contributed by atoms with E-state index < -0.39 is 0 Å². The van der Waals surface area contributed by atoms with Gasteiger partial charge in [0.2, 0.25) is 0 Å². The molecule has 14 heavy (non-hydrogen) atoms. The van der Waals surface area contributed by atoms with Crippen LogP contribution in [-0.4, -0.2) is 35.7 Å². The van der Waals surface area contributed by atoms with Gasteiger partial charge in [-0.1, -0.05) is 20.3 Å². The largest absolute Gasteiger partial charge is 0.391 e. The third-order valence-electron chi connectivity index (χ3n) is 3.61. The van der Waals surface area contributed by atoms with Gasteiger partial charge in [-0.15, -0.1) is 0 Å². The van der Waals surface area contributed by atoms with Gasteiger partial charge in [-0.05, 0) is 45.2 Å². The molecule has 0 aromatic heterocycles. The fourth-order valence-electron chi connectivity index (χ4n) is 2.58. The minimum atomic E-state index is -0.0886. The molecule has 0 aliphatic heterocycles. The van der Waals surface area contributed by atoms with Crippen LogP contribution >= 0.6 is 0 Å². The molecule has 1 rings (SSSR count). The fraction of sp³-hybridized carbons (Fsp3) is 1.00. The number of aliphatic hydroxyl groups excluding tert-OH is 1. The summed E-state index contributed by atoms with van der Waals surface area (Å²) in [7, 11) is 2.15. The minimum Gasteiger partial charge on any atom is -0.391 e. The third-order valence-corrected chi connectivity index (χ3v) is 3.61. The molecule has 1 aliphatic rings. The van der Waals surface area contributed by atoms with E-state index in [2.05, 4.69) is 25.8 Å². The van der Waals surface area contributed by atoms with E-state index in [1.165, 1.54) is 25.7 Å². The summed E-state index contributed by atoms with van der Waals surface area (Å²) in [6.45, 7) is 5.57. The fourth-order valence-corrected chi connectivity index (χ4v) is 2.58. The van der Waals surface area contributed by atoms with Crippen LogP contribution < -0.4 is 0 Å². The molecule has 0 aromatic carbocycles. The lowest BCUT2D eigenvalue weighted by Gasteiger charge is -2.38. The van der Waals surface area contributed by atoms with Crippen molar-refractivity contribution in [3.05, 3.63) is 0 Å². The van der Waals surface area contributed by atoms with Crippen molar-refractivity contribution in [2.75, 3.05) is 13.6 Å². The zero-order valence-electron chi connectivity index (χ0n) is 9.87. The Bertz CT molecular complexity index is 160. The van der Waals surface area contributed by atoms with Gasteiger partial charge in [-0.25, -0.2) is 0 Å². The molecular formula is C12H25NO. The van der Waals surface area contributed by atoms with Gasteiger partial charge < -0.3 is 10.0 Å². The number of nitrogens with zero attached hydrogens (tertiary/aromatic N) is 1. The standard InChI is InChI=1S/C12H25NO/c1-4-8-13(3)11-9-10(5-2)6-7-12(11)14/h10-12,14H,4-9H2,1-3H3. The molecule has 0 amide bonds. The lowest BCUT2D eigenvalue weighted by Crippen LogP contribution is -2.45. The predicted molar refractivity (Wildman–Crippen MR) is 60.3 cm³/mol. The molecule has 0 heterocycles. The Balaban J connectivity index is 2.46. The zero-order chi connectivity index (χ0) is 10.6. The molecular weight excluding hydrogens is 174 g/mol. The Morgan fingerprint density at radius 3 is 2.57 bits per heavy atom. The summed E-state index contributed by atoms with van der Waals surface area (Å²) in [4.78, 5) is 2.34. The van der Waals surface area contributed by atoms with Gasteiger partial charge >= 0.3 is 0 Å². The smallest absolute Gasteiger partial charge is 0.0695 e. The van der Waals surface area contributed by atoms with Crippen molar-refractivity contribution in [3.8, 4) is 0 Å². The van der Waals surface area contributed by atoms with Gasteiger partial charge in [-0.2, -0.15) is 0 Å². The molecule has 3 unspecified atom stereocenters. The third kappa shape index (κ3) is 2.96. The molecule has 1 aliphatic carbocycles. The van der Waals surface area contributed by atoms with Crippen LogP contribution in [-0.2, 0) is 0 Å². The number of hydrogen-bond acceptors (Lipinski definition) is 2. The highest BCUT2D eigenvalue weighted by molar-refractivity contribution is 4.85. The number of rotatable bonds is 4. The second-order valence-corrected chi connectivity index (χ2v) is 4.70. The highest BCUT2D eigenvalue weighted by Gasteiger charge is 2.30. The van der Waals surface area contributed by atoms with Crippen LogP contribution in [0.3, 0.4) is 0 Å². The van der Waals surface area contributed by atoms with Crippen LogP contribution in [0.15, 0.2) is 0 Å². The molecule has 0 spiro atoms. The van der Waals surface area contributed by atoms with Crippen LogP contribution in [0.4, 0.5) is 0 Å². The lowest BCUT2D eigenvalue weighted by molar-refractivity contribution is 0.0138. The number of aliphatic hydroxyl groups is 1.